The van der Waals surface area contributed by atoms with Gasteiger partial charge in [-0.05, 0) is 18.4 Å². The lowest BCUT2D eigenvalue weighted by molar-refractivity contribution is 0.146. The fourth-order valence-corrected chi connectivity index (χ4v) is 1.18. The molecule has 0 saturated carbocycles. The van der Waals surface area contributed by atoms with E-state index in [-0.39, 0.29) is 0 Å². The topological polar surface area (TPSA) is 31.4 Å². The van der Waals surface area contributed by atoms with Crippen LogP contribution in [0.2, 0.25) is 0 Å². The second-order valence-electron chi connectivity index (χ2n) is 2.38. The van der Waals surface area contributed by atoms with E-state index < -0.39 is 0 Å². The lowest BCUT2D eigenvalue weighted by Gasteiger charge is -2.04. The first-order chi connectivity index (χ1) is 6.36. The number of ether oxygens (including phenoxy) is 2. The standard InChI is InChI=1S/C9H13NO2S/c1-11-5-6-12-8-3-4-9(13-2)10-7-8/h3-4,7H,5-6H2,1-2H3. The zero-order chi connectivity index (χ0) is 9.52. The molecule has 1 aromatic heterocycles. The van der Waals surface area contributed by atoms with Crippen LogP contribution in [-0.4, -0.2) is 31.6 Å². The molecule has 1 aromatic rings. The molecule has 0 N–H and O–H groups in total. The Kier molecular flexibility index (Phi) is 4.64. The van der Waals surface area contributed by atoms with Crippen molar-refractivity contribution >= 4 is 11.8 Å². The number of rotatable bonds is 5. The fraction of sp³-hybridized carbons (Fsp3) is 0.444. The molecular weight excluding hydrogens is 186 g/mol. The van der Waals surface area contributed by atoms with E-state index in [1.165, 1.54) is 0 Å². The van der Waals surface area contributed by atoms with Crippen molar-refractivity contribution in [3.63, 3.8) is 0 Å². The van der Waals surface area contributed by atoms with E-state index in [2.05, 4.69) is 4.98 Å². The summed E-state index contributed by atoms with van der Waals surface area (Å²) >= 11 is 1.61. The number of methoxy groups -OCH3 is 1. The van der Waals surface area contributed by atoms with Gasteiger partial charge >= 0.3 is 0 Å². The third kappa shape index (κ3) is 3.65. The van der Waals surface area contributed by atoms with Gasteiger partial charge in [0, 0.05) is 7.11 Å². The van der Waals surface area contributed by atoms with E-state index >= 15 is 0 Å². The Balaban J connectivity index is 2.40. The van der Waals surface area contributed by atoms with Crippen LogP contribution in [0.25, 0.3) is 0 Å². The van der Waals surface area contributed by atoms with Gasteiger partial charge in [0.25, 0.3) is 0 Å². The summed E-state index contributed by atoms with van der Waals surface area (Å²) < 4.78 is 10.2. The van der Waals surface area contributed by atoms with Crippen LogP contribution in [0.1, 0.15) is 0 Å². The fourth-order valence-electron chi connectivity index (χ4n) is 0.816. The van der Waals surface area contributed by atoms with Crippen molar-refractivity contribution < 1.29 is 9.47 Å². The van der Waals surface area contributed by atoms with Gasteiger partial charge in [0.1, 0.15) is 12.4 Å². The van der Waals surface area contributed by atoms with Gasteiger partial charge in [-0.2, -0.15) is 0 Å². The van der Waals surface area contributed by atoms with E-state index in [0.29, 0.717) is 13.2 Å². The Labute approximate surface area is 82.5 Å². The molecule has 0 fully saturated rings. The molecule has 0 atom stereocenters. The second-order valence-corrected chi connectivity index (χ2v) is 3.20. The molecule has 1 heterocycles. The summed E-state index contributed by atoms with van der Waals surface area (Å²) in [4.78, 5) is 4.17. The van der Waals surface area contributed by atoms with Crippen LogP contribution in [-0.2, 0) is 4.74 Å². The molecule has 0 spiro atoms. The smallest absolute Gasteiger partial charge is 0.137 e. The van der Waals surface area contributed by atoms with Crippen molar-refractivity contribution in [3.05, 3.63) is 18.3 Å². The van der Waals surface area contributed by atoms with Gasteiger partial charge in [-0.1, -0.05) is 0 Å². The summed E-state index contributed by atoms with van der Waals surface area (Å²) in [5, 5.41) is 0.999. The van der Waals surface area contributed by atoms with Crippen LogP contribution in [0.5, 0.6) is 5.75 Å². The average Bonchev–Trinajstić information content (AvgIpc) is 2.19. The Bertz CT molecular complexity index is 238. The summed E-state index contributed by atoms with van der Waals surface area (Å²) in [6, 6.07) is 3.85. The minimum atomic E-state index is 0.566. The number of aromatic nitrogens is 1. The molecule has 0 amide bonds. The normalized spacial score (nSPS) is 10.0. The predicted octanol–water partition coefficient (Wildman–Crippen LogP) is 1.83. The van der Waals surface area contributed by atoms with Crippen LogP contribution >= 0.6 is 11.8 Å². The number of thioether (sulfide) groups is 1. The highest BCUT2D eigenvalue weighted by Gasteiger charge is 1.94. The second kappa shape index (κ2) is 5.83. The molecule has 1 rings (SSSR count). The van der Waals surface area contributed by atoms with E-state index in [0.717, 1.165) is 10.8 Å². The summed E-state index contributed by atoms with van der Waals surface area (Å²) in [7, 11) is 1.65. The van der Waals surface area contributed by atoms with Crippen LogP contribution in [0, 0.1) is 0 Å². The molecule has 0 bridgehead atoms. The van der Waals surface area contributed by atoms with Crippen molar-refractivity contribution in [2.75, 3.05) is 26.6 Å². The summed E-state index contributed by atoms with van der Waals surface area (Å²) in [5.41, 5.74) is 0. The molecule has 3 nitrogen and oxygen atoms in total. The molecule has 4 heteroatoms. The molecule has 0 aliphatic carbocycles. The summed E-state index contributed by atoms with van der Waals surface area (Å²) in [5.74, 6) is 0.787. The molecule has 0 saturated heterocycles. The van der Waals surface area contributed by atoms with Crippen molar-refractivity contribution in [2.45, 2.75) is 5.03 Å². The minimum Gasteiger partial charge on any atom is -0.490 e. The van der Waals surface area contributed by atoms with E-state index in [4.69, 9.17) is 9.47 Å². The average molecular weight is 199 g/mol. The largest absolute Gasteiger partial charge is 0.490 e. The third-order valence-corrected chi connectivity index (χ3v) is 2.13. The Morgan fingerprint density at radius 3 is 2.77 bits per heavy atom. The summed E-state index contributed by atoms with van der Waals surface area (Å²) in [6.07, 6.45) is 3.72. The number of nitrogens with zero attached hydrogens (tertiary/aromatic N) is 1. The van der Waals surface area contributed by atoms with E-state index in [1.807, 2.05) is 18.4 Å². The molecule has 0 radical (unpaired) electrons. The van der Waals surface area contributed by atoms with Crippen molar-refractivity contribution in [3.8, 4) is 5.75 Å². The molecule has 72 valence electrons. The van der Waals surface area contributed by atoms with Crippen molar-refractivity contribution in [1.29, 1.82) is 0 Å². The van der Waals surface area contributed by atoms with Gasteiger partial charge in [0.15, 0.2) is 0 Å². The summed E-state index contributed by atoms with van der Waals surface area (Å²) in [6.45, 7) is 1.17. The first-order valence-electron chi connectivity index (χ1n) is 3.98. The van der Waals surface area contributed by atoms with Crippen molar-refractivity contribution in [1.82, 2.24) is 4.98 Å². The Morgan fingerprint density at radius 2 is 2.23 bits per heavy atom. The third-order valence-electron chi connectivity index (χ3n) is 1.47. The van der Waals surface area contributed by atoms with Gasteiger partial charge < -0.3 is 9.47 Å². The van der Waals surface area contributed by atoms with Gasteiger partial charge in [0.2, 0.25) is 0 Å². The zero-order valence-electron chi connectivity index (χ0n) is 7.82. The van der Waals surface area contributed by atoms with Crippen LogP contribution in [0.15, 0.2) is 23.4 Å². The highest BCUT2D eigenvalue weighted by molar-refractivity contribution is 7.98. The zero-order valence-corrected chi connectivity index (χ0v) is 8.63. The molecular formula is C9H13NO2S. The van der Waals surface area contributed by atoms with E-state index in [9.17, 15) is 0 Å². The van der Waals surface area contributed by atoms with Crippen LogP contribution in [0.4, 0.5) is 0 Å². The first kappa shape index (κ1) is 10.3. The van der Waals surface area contributed by atoms with Crippen LogP contribution < -0.4 is 4.74 Å². The molecule has 13 heavy (non-hydrogen) atoms. The molecule has 0 aliphatic heterocycles. The molecule has 0 aliphatic rings. The maximum absolute atomic E-state index is 5.35. The number of pyridine rings is 1. The monoisotopic (exact) mass is 199 g/mol. The van der Waals surface area contributed by atoms with Gasteiger partial charge in [-0.15, -0.1) is 11.8 Å². The van der Waals surface area contributed by atoms with Crippen molar-refractivity contribution in [2.24, 2.45) is 0 Å². The maximum atomic E-state index is 5.35. The van der Waals surface area contributed by atoms with Crippen LogP contribution in [0.3, 0.4) is 0 Å². The Morgan fingerprint density at radius 1 is 1.38 bits per heavy atom. The Hall–Kier alpha value is -0.740. The minimum absolute atomic E-state index is 0.566. The van der Waals surface area contributed by atoms with Gasteiger partial charge in [-0.3, -0.25) is 0 Å². The lowest BCUT2D eigenvalue weighted by Crippen LogP contribution is -2.04. The number of hydrogen-bond donors (Lipinski definition) is 0. The lowest BCUT2D eigenvalue weighted by atomic mass is 10.5. The predicted molar refractivity (Wildman–Crippen MR) is 53.4 cm³/mol. The highest BCUT2D eigenvalue weighted by Crippen LogP contribution is 2.15. The van der Waals surface area contributed by atoms with Gasteiger partial charge in [0.05, 0.1) is 17.8 Å². The molecule has 0 aromatic carbocycles. The maximum Gasteiger partial charge on any atom is 0.137 e. The number of hydrogen-bond acceptors (Lipinski definition) is 4. The van der Waals surface area contributed by atoms with E-state index in [1.54, 1.807) is 25.1 Å². The quantitative estimate of drug-likeness (QED) is 0.535. The molecule has 0 unspecified atom stereocenters. The first-order valence-corrected chi connectivity index (χ1v) is 5.21. The van der Waals surface area contributed by atoms with Gasteiger partial charge in [-0.25, -0.2) is 4.98 Å². The SMILES string of the molecule is COCCOc1ccc(SC)nc1. The highest BCUT2D eigenvalue weighted by atomic mass is 32.2.